The number of benzene rings is 1. The molecule has 2 N–H and O–H groups in total. The number of hydrogen-bond donors (Lipinski definition) is 1. The molecule has 1 heterocycles. The first-order valence-corrected chi connectivity index (χ1v) is 6.86. The number of rotatable bonds is 2. The molecule has 0 spiro atoms. The molecular weight excluding hydrogens is 247 g/mol. The molecule has 2 rings (SSSR count). The quantitative estimate of drug-likeness (QED) is 0.833. The second-order valence-corrected chi connectivity index (χ2v) is 5.36. The summed E-state index contributed by atoms with van der Waals surface area (Å²) in [7, 11) is 0. The van der Waals surface area contributed by atoms with Crippen LogP contribution in [0.25, 0.3) is 0 Å². The van der Waals surface area contributed by atoms with Crippen molar-refractivity contribution < 1.29 is 4.39 Å². The van der Waals surface area contributed by atoms with Crippen LogP contribution in [-0.4, -0.2) is 17.6 Å². The number of halogens is 1. The van der Waals surface area contributed by atoms with Crippen molar-refractivity contribution in [3.05, 3.63) is 29.6 Å². The van der Waals surface area contributed by atoms with Crippen LogP contribution in [0.2, 0.25) is 0 Å². The Kier molecular flexibility index (Phi) is 4.17. The van der Waals surface area contributed by atoms with Crippen molar-refractivity contribution in [2.75, 3.05) is 11.4 Å². The highest BCUT2D eigenvalue weighted by molar-refractivity contribution is 7.80. The van der Waals surface area contributed by atoms with Crippen LogP contribution in [0.15, 0.2) is 18.2 Å². The minimum Gasteiger partial charge on any atom is -0.389 e. The van der Waals surface area contributed by atoms with Gasteiger partial charge in [0, 0.05) is 23.8 Å². The Morgan fingerprint density at radius 2 is 2.17 bits per heavy atom. The van der Waals surface area contributed by atoms with E-state index in [0.717, 1.165) is 18.7 Å². The molecule has 18 heavy (non-hydrogen) atoms. The molecule has 1 aliphatic heterocycles. The average Bonchev–Trinajstić information content (AvgIpc) is 2.54. The zero-order valence-corrected chi connectivity index (χ0v) is 11.5. The predicted octanol–water partition coefficient (Wildman–Crippen LogP) is 3.23. The van der Waals surface area contributed by atoms with Gasteiger partial charge in [0.1, 0.15) is 10.8 Å². The highest BCUT2D eigenvalue weighted by Gasteiger charge is 2.20. The van der Waals surface area contributed by atoms with Gasteiger partial charge in [0.05, 0.1) is 0 Å². The van der Waals surface area contributed by atoms with E-state index in [0.29, 0.717) is 11.6 Å². The van der Waals surface area contributed by atoms with Crippen molar-refractivity contribution in [1.29, 1.82) is 0 Å². The molecule has 0 bridgehead atoms. The molecule has 1 aromatic carbocycles. The van der Waals surface area contributed by atoms with Gasteiger partial charge in [-0.2, -0.15) is 0 Å². The van der Waals surface area contributed by atoms with Crippen LogP contribution in [-0.2, 0) is 0 Å². The fraction of sp³-hybridized carbons (Fsp3) is 0.500. The van der Waals surface area contributed by atoms with Crippen LogP contribution in [0, 0.1) is 5.82 Å². The zero-order valence-electron chi connectivity index (χ0n) is 10.7. The van der Waals surface area contributed by atoms with E-state index >= 15 is 0 Å². The van der Waals surface area contributed by atoms with Crippen molar-refractivity contribution in [3.63, 3.8) is 0 Å². The molecular formula is C14H19FN2S. The Morgan fingerprint density at radius 1 is 1.39 bits per heavy atom. The SMILES string of the molecule is CC1CCCCCN1c1ccc(F)cc1C(N)=S. The molecule has 1 atom stereocenters. The minimum atomic E-state index is -0.288. The van der Waals surface area contributed by atoms with Crippen LogP contribution in [0.5, 0.6) is 0 Å². The van der Waals surface area contributed by atoms with E-state index in [-0.39, 0.29) is 10.8 Å². The van der Waals surface area contributed by atoms with E-state index in [4.69, 9.17) is 18.0 Å². The topological polar surface area (TPSA) is 29.3 Å². The van der Waals surface area contributed by atoms with Gasteiger partial charge in [0.15, 0.2) is 0 Å². The predicted molar refractivity (Wildman–Crippen MR) is 77.6 cm³/mol. The van der Waals surface area contributed by atoms with E-state index < -0.39 is 0 Å². The summed E-state index contributed by atoms with van der Waals surface area (Å²) in [6.07, 6.45) is 4.83. The molecule has 1 saturated heterocycles. The van der Waals surface area contributed by atoms with Gasteiger partial charge in [-0.1, -0.05) is 25.1 Å². The van der Waals surface area contributed by atoms with Crippen molar-refractivity contribution in [1.82, 2.24) is 0 Å². The lowest BCUT2D eigenvalue weighted by Crippen LogP contribution is -2.34. The molecule has 1 aromatic rings. The van der Waals surface area contributed by atoms with E-state index in [1.54, 1.807) is 6.07 Å². The van der Waals surface area contributed by atoms with Gasteiger partial charge >= 0.3 is 0 Å². The highest BCUT2D eigenvalue weighted by atomic mass is 32.1. The van der Waals surface area contributed by atoms with E-state index in [1.807, 2.05) is 0 Å². The summed E-state index contributed by atoms with van der Waals surface area (Å²) in [6, 6.07) is 5.17. The third-order valence-electron chi connectivity index (χ3n) is 3.59. The molecule has 0 aromatic heterocycles. The van der Waals surface area contributed by atoms with Crippen LogP contribution >= 0.6 is 12.2 Å². The van der Waals surface area contributed by atoms with E-state index in [1.165, 1.54) is 31.4 Å². The van der Waals surface area contributed by atoms with Crippen molar-refractivity contribution in [3.8, 4) is 0 Å². The van der Waals surface area contributed by atoms with Crippen LogP contribution in [0.3, 0.4) is 0 Å². The third kappa shape index (κ3) is 2.80. The number of nitrogens with zero attached hydrogens (tertiary/aromatic N) is 1. The van der Waals surface area contributed by atoms with Crippen LogP contribution in [0.1, 0.15) is 38.2 Å². The zero-order chi connectivity index (χ0) is 13.1. The third-order valence-corrected chi connectivity index (χ3v) is 3.81. The summed E-state index contributed by atoms with van der Waals surface area (Å²) < 4.78 is 13.3. The summed E-state index contributed by atoms with van der Waals surface area (Å²) in [5.74, 6) is -0.288. The first kappa shape index (κ1) is 13.3. The maximum absolute atomic E-state index is 13.3. The normalized spacial score (nSPS) is 20.6. The summed E-state index contributed by atoms with van der Waals surface area (Å²) in [6.45, 7) is 3.19. The summed E-state index contributed by atoms with van der Waals surface area (Å²) >= 11 is 5.04. The van der Waals surface area contributed by atoms with Crippen molar-refractivity contribution in [2.24, 2.45) is 5.73 Å². The Labute approximate surface area is 113 Å². The Balaban J connectivity index is 2.39. The number of hydrogen-bond acceptors (Lipinski definition) is 2. The fourth-order valence-electron chi connectivity index (χ4n) is 2.59. The van der Waals surface area contributed by atoms with Crippen molar-refractivity contribution >= 4 is 22.9 Å². The standard InChI is InChI=1S/C14H19FN2S/c1-10-5-3-2-4-8-17(10)13-7-6-11(15)9-12(13)14(16)18/h6-7,9-10H,2-5,8H2,1H3,(H2,16,18). The Bertz CT molecular complexity index is 447. The molecule has 0 saturated carbocycles. The molecule has 0 aliphatic carbocycles. The largest absolute Gasteiger partial charge is 0.389 e. The van der Waals surface area contributed by atoms with Crippen LogP contribution in [0.4, 0.5) is 10.1 Å². The minimum absolute atomic E-state index is 0.265. The molecule has 2 nitrogen and oxygen atoms in total. The van der Waals surface area contributed by atoms with Gasteiger partial charge in [0.2, 0.25) is 0 Å². The average molecular weight is 266 g/mol. The van der Waals surface area contributed by atoms with Gasteiger partial charge in [-0.05, 0) is 38.0 Å². The van der Waals surface area contributed by atoms with Gasteiger partial charge in [-0.3, -0.25) is 0 Å². The number of anilines is 1. The fourth-order valence-corrected chi connectivity index (χ4v) is 2.75. The van der Waals surface area contributed by atoms with E-state index in [2.05, 4.69) is 11.8 Å². The van der Waals surface area contributed by atoms with E-state index in [9.17, 15) is 4.39 Å². The highest BCUT2D eigenvalue weighted by Crippen LogP contribution is 2.28. The van der Waals surface area contributed by atoms with Crippen molar-refractivity contribution in [2.45, 2.75) is 38.6 Å². The molecule has 98 valence electrons. The molecule has 1 unspecified atom stereocenters. The molecule has 0 radical (unpaired) electrons. The Hall–Kier alpha value is -1.16. The lowest BCUT2D eigenvalue weighted by molar-refractivity contribution is 0.611. The number of nitrogens with two attached hydrogens (primary N) is 1. The second kappa shape index (κ2) is 5.65. The first-order chi connectivity index (χ1) is 8.59. The lowest BCUT2D eigenvalue weighted by atomic mass is 10.1. The second-order valence-electron chi connectivity index (χ2n) is 4.92. The molecule has 1 fully saturated rings. The van der Waals surface area contributed by atoms with Gasteiger partial charge < -0.3 is 10.6 Å². The summed E-state index contributed by atoms with van der Waals surface area (Å²) in [4.78, 5) is 2.57. The molecule has 4 heteroatoms. The van der Waals surface area contributed by atoms with Gasteiger partial charge in [-0.15, -0.1) is 0 Å². The monoisotopic (exact) mass is 266 g/mol. The first-order valence-electron chi connectivity index (χ1n) is 6.45. The van der Waals surface area contributed by atoms with Gasteiger partial charge in [-0.25, -0.2) is 4.39 Å². The smallest absolute Gasteiger partial charge is 0.124 e. The molecule has 1 aliphatic rings. The summed E-state index contributed by atoms with van der Waals surface area (Å²) in [5, 5.41) is 0. The summed E-state index contributed by atoms with van der Waals surface area (Å²) in [5.41, 5.74) is 7.34. The molecule has 0 amide bonds. The van der Waals surface area contributed by atoms with Crippen LogP contribution < -0.4 is 10.6 Å². The Morgan fingerprint density at radius 3 is 2.89 bits per heavy atom. The lowest BCUT2D eigenvalue weighted by Gasteiger charge is -2.31. The van der Waals surface area contributed by atoms with Gasteiger partial charge in [0.25, 0.3) is 0 Å². The maximum Gasteiger partial charge on any atom is 0.124 e. The number of thiocarbonyl (C=S) groups is 1. The maximum atomic E-state index is 13.3.